The maximum atomic E-state index is 12.4. The molecule has 4 heteroatoms. The molecule has 1 amide bonds. The lowest BCUT2D eigenvalue weighted by Crippen LogP contribution is -2.42. The van der Waals surface area contributed by atoms with Crippen LogP contribution in [0.15, 0.2) is 11.4 Å². The van der Waals surface area contributed by atoms with Gasteiger partial charge in [-0.2, -0.15) is 0 Å². The van der Waals surface area contributed by atoms with Gasteiger partial charge in [-0.1, -0.05) is 27.7 Å². The highest BCUT2D eigenvalue weighted by Crippen LogP contribution is 2.62. The minimum absolute atomic E-state index is 0.236. The van der Waals surface area contributed by atoms with Gasteiger partial charge in [-0.05, 0) is 34.3 Å². The summed E-state index contributed by atoms with van der Waals surface area (Å²) in [6, 6.07) is 2.60. The van der Waals surface area contributed by atoms with Gasteiger partial charge in [0.15, 0.2) is 0 Å². The fourth-order valence-electron chi connectivity index (χ4n) is 3.47. The first-order chi connectivity index (χ1) is 9.34. The highest BCUT2D eigenvalue weighted by atomic mass is 32.1. The van der Waals surface area contributed by atoms with Crippen LogP contribution in [0.1, 0.15) is 38.1 Å². The Morgan fingerprint density at radius 1 is 1.40 bits per heavy atom. The van der Waals surface area contributed by atoms with E-state index in [0.29, 0.717) is 12.6 Å². The summed E-state index contributed by atoms with van der Waals surface area (Å²) in [4.78, 5) is 15.8. The Balaban J connectivity index is 1.54. The average molecular weight is 292 g/mol. The van der Waals surface area contributed by atoms with E-state index in [0.717, 1.165) is 19.5 Å². The van der Waals surface area contributed by atoms with Crippen LogP contribution in [-0.2, 0) is 17.8 Å². The lowest BCUT2D eigenvalue weighted by atomic mass is 10.0. The van der Waals surface area contributed by atoms with Crippen LogP contribution in [0.25, 0.3) is 0 Å². The summed E-state index contributed by atoms with van der Waals surface area (Å²) in [5, 5.41) is 5.59. The van der Waals surface area contributed by atoms with Crippen LogP contribution >= 0.6 is 11.3 Å². The second-order valence-electron chi connectivity index (χ2n) is 7.19. The van der Waals surface area contributed by atoms with Crippen LogP contribution in [0, 0.1) is 10.8 Å². The molecule has 1 aliphatic carbocycles. The van der Waals surface area contributed by atoms with Gasteiger partial charge >= 0.3 is 0 Å². The second-order valence-corrected chi connectivity index (χ2v) is 8.19. The van der Waals surface area contributed by atoms with Crippen molar-refractivity contribution in [3.63, 3.8) is 0 Å². The van der Waals surface area contributed by atoms with Crippen LogP contribution in [0.4, 0.5) is 0 Å². The number of carbonyl (C=O) groups is 1. The molecule has 1 aromatic heterocycles. The second kappa shape index (κ2) is 4.57. The molecule has 2 aliphatic rings. The van der Waals surface area contributed by atoms with Crippen LogP contribution in [0.3, 0.4) is 0 Å². The van der Waals surface area contributed by atoms with Crippen molar-refractivity contribution in [2.45, 2.75) is 46.7 Å². The summed E-state index contributed by atoms with van der Waals surface area (Å²) in [6.45, 7) is 11.2. The molecule has 20 heavy (non-hydrogen) atoms. The molecule has 1 aromatic rings. The van der Waals surface area contributed by atoms with E-state index < -0.39 is 0 Å². The molecule has 0 atom stereocenters. The van der Waals surface area contributed by atoms with Gasteiger partial charge in [0.25, 0.3) is 0 Å². The number of rotatable bonds is 3. The zero-order chi connectivity index (χ0) is 14.5. The summed E-state index contributed by atoms with van der Waals surface area (Å²) in [5.41, 5.74) is 1.91. The molecular formula is C16H24N2OS. The average Bonchev–Trinajstić information content (AvgIpc) is 2.75. The Morgan fingerprint density at radius 3 is 2.75 bits per heavy atom. The Bertz CT molecular complexity index is 518. The van der Waals surface area contributed by atoms with E-state index in [1.807, 2.05) is 16.2 Å². The number of hydrogen-bond acceptors (Lipinski definition) is 3. The van der Waals surface area contributed by atoms with E-state index in [1.54, 1.807) is 0 Å². The Labute approximate surface area is 125 Å². The summed E-state index contributed by atoms with van der Waals surface area (Å²) in [7, 11) is 0. The number of nitrogens with one attached hydrogen (secondary N) is 1. The van der Waals surface area contributed by atoms with Crippen molar-refractivity contribution < 1.29 is 4.79 Å². The predicted molar refractivity (Wildman–Crippen MR) is 82.8 cm³/mol. The van der Waals surface area contributed by atoms with E-state index >= 15 is 0 Å². The molecule has 3 nitrogen and oxygen atoms in total. The zero-order valence-corrected chi connectivity index (χ0v) is 13.6. The predicted octanol–water partition coefficient (Wildman–Crippen LogP) is 2.66. The van der Waals surface area contributed by atoms with Crippen molar-refractivity contribution in [3.8, 4) is 0 Å². The van der Waals surface area contributed by atoms with E-state index in [-0.39, 0.29) is 16.7 Å². The maximum Gasteiger partial charge on any atom is 0.236 e. The first-order valence-electron chi connectivity index (χ1n) is 7.40. The molecule has 2 heterocycles. The number of thiophene rings is 1. The number of fused-ring (bicyclic) bond motifs is 1. The van der Waals surface area contributed by atoms with Gasteiger partial charge in [0, 0.05) is 24.0 Å². The largest absolute Gasteiger partial charge is 0.337 e. The molecule has 0 aromatic carbocycles. The molecule has 0 spiro atoms. The van der Waals surface area contributed by atoms with E-state index in [1.165, 1.54) is 10.4 Å². The molecule has 0 saturated heterocycles. The lowest BCUT2D eigenvalue weighted by Gasteiger charge is -2.27. The normalized spacial score (nSPS) is 23.5. The van der Waals surface area contributed by atoms with Crippen molar-refractivity contribution >= 4 is 17.2 Å². The van der Waals surface area contributed by atoms with Gasteiger partial charge in [-0.3, -0.25) is 4.79 Å². The smallest absolute Gasteiger partial charge is 0.236 e. The van der Waals surface area contributed by atoms with Crippen LogP contribution in [0.2, 0.25) is 0 Å². The van der Waals surface area contributed by atoms with E-state index in [9.17, 15) is 4.79 Å². The minimum atomic E-state index is 0.236. The van der Waals surface area contributed by atoms with Crippen LogP contribution < -0.4 is 5.32 Å². The third-order valence-electron chi connectivity index (χ3n) is 5.64. The molecule has 0 radical (unpaired) electrons. The Hall–Kier alpha value is -0.870. The molecule has 110 valence electrons. The SMILES string of the molecule is CC1(C)C(NCC(=O)N2CCc3sccc3C2)C1(C)C. The van der Waals surface area contributed by atoms with Gasteiger partial charge in [0.1, 0.15) is 0 Å². The maximum absolute atomic E-state index is 12.4. The number of carbonyl (C=O) groups excluding carboxylic acids is 1. The van der Waals surface area contributed by atoms with Crippen LogP contribution in [0.5, 0.6) is 0 Å². The lowest BCUT2D eigenvalue weighted by molar-refractivity contribution is -0.131. The van der Waals surface area contributed by atoms with Crippen molar-refractivity contribution in [2.24, 2.45) is 10.8 Å². The quantitative estimate of drug-likeness (QED) is 0.929. The fraction of sp³-hybridized carbons (Fsp3) is 0.688. The van der Waals surface area contributed by atoms with Crippen molar-refractivity contribution in [1.29, 1.82) is 0 Å². The minimum Gasteiger partial charge on any atom is -0.337 e. The monoisotopic (exact) mass is 292 g/mol. The molecule has 1 fully saturated rings. The summed E-state index contributed by atoms with van der Waals surface area (Å²) in [5.74, 6) is 0.236. The Kier molecular flexibility index (Phi) is 3.22. The molecular weight excluding hydrogens is 268 g/mol. The first-order valence-corrected chi connectivity index (χ1v) is 8.28. The summed E-state index contributed by atoms with van der Waals surface area (Å²) in [6.07, 6.45) is 1.01. The van der Waals surface area contributed by atoms with Gasteiger partial charge in [-0.15, -0.1) is 11.3 Å². The fourth-order valence-corrected chi connectivity index (χ4v) is 4.36. The van der Waals surface area contributed by atoms with Gasteiger partial charge < -0.3 is 10.2 Å². The van der Waals surface area contributed by atoms with Crippen molar-refractivity contribution in [3.05, 3.63) is 21.9 Å². The number of hydrogen-bond donors (Lipinski definition) is 1. The summed E-state index contributed by atoms with van der Waals surface area (Å²) >= 11 is 1.81. The number of nitrogens with zero attached hydrogens (tertiary/aromatic N) is 1. The van der Waals surface area contributed by atoms with Crippen molar-refractivity contribution in [1.82, 2.24) is 10.2 Å². The van der Waals surface area contributed by atoms with Gasteiger partial charge in [0.05, 0.1) is 6.54 Å². The highest BCUT2D eigenvalue weighted by Gasteiger charge is 2.64. The standard InChI is InChI=1S/C16H24N2OS/c1-15(2)14(16(15,3)4)17-9-13(19)18-7-5-12-11(10-18)6-8-20-12/h6,8,14,17H,5,7,9-10H2,1-4H3. The number of amides is 1. The molecule has 3 rings (SSSR count). The molecule has 1 saturated carbocycles. The Morgan fingerprint density at radius 2 is 2.10 bits per heavy atom. The van der Waals surface area contributed by atoms with E-state index in [2.05, 4.69) is 44.5 Å². The third-order valence-corrected chi connectivity index (χ3v) is 6.66. The summed E-state index contributed by atoms with van der Waals surface area (Å²) < 4.78 is 0. The highest BCUT2D eigenvalue weighted by molar-refractivity contribution is 7.10. The van der Waals surface area contributed by atoms with E-state index in [4.69, 9.17) is 0 Å². The van der Waals surface area contributed by atoms with Crippen molar-refractivity contribution in [2.75, 3.05) is 13.1 Å². The molecule has 1 N–H and O–H groups in total. The van der Waals surface area contributed by atoms with Gasteiger partial charge in [-0.25, -0.2) is 0 Å². The molecule has 1 aliphatic heterocycles. The van der Waals surface area contributed by atoms with Gasteiger partial charge in [0.2, 0.25) is 5.91 Å². The molecule has 0 bridgehead atoms. The van der Waals surface area contributed by atoms with Crippen LogP contribution in [-0.4, -0.2) is 29.9 Å². The first kappa shape index (κ1) is 14.1. The molecule has 0 unspecified atom stereocenters. The topological polar surface area (TPSA) is 32.3 Å². The third kappa shape index (κ3) is 2.09. The zero-order valence-electron chi connectivity index (χ0n) is 12.8.